The molecule has 0 saturated carbocycles. The van der Waals surface area contributed by atoms with Crippen molar-refractivity contribution in [1.82, 2.24) is 5.32 Å². The molecule has 1 unspecified atom stereocenters. The summed E-state index contributed by atoms with van der Waals surface area (Å²) in [4.78, 5) is 23.0. The minimum atomic E-state index is -0.642. The van der Waals surface area contributed by atoms with Gasteiger partial charge >= 0.3 is 11.9 Å². The van der Waals surface area contributed by atoms with Crippen LogP contribution in [-0.4, -0.2) is 29.9 Å². The summed E-state index contributed by atoms with van der Waals surface area (Å²) in [5.41, 5.74) is -0.642. The summed E-state index contributed by atoms with van der Waals surface area (Å²) in [6, 6.07) is 0. The van der Waals surface area contributed by atoms with Crippen LogP contribution >= 0.6 is 15.9 Å². The Kier molecular flexibility index (Phi) is 5.13. The third-order valence-electron chi connectivity index (χ3n) is 2.83. The number of hydrogen-bond acceptors (Lipinski definition) is 4. The molecule has 17 heavy (non-hydrogen) atoms. The highest BCUT2D eigenvalue weighted by atomic mass is 79.9. The van der Waals surface area contributed by atoms with Crippen LogP contribution < -0.4 is 5.32 Å². The van der Waals surface area contributed by atoms with E-state index in [2.05, 4.69) is 21.2 Å². The first-order chi connectivity index (χ1) is 7.82. The maximum Gasteiger partial charge on any atom is 0.327 e. The number of carbonyl (C=O) groups is 2. The van der Waals surface area contributed by atoms with E-state index in [0.29, 0.717) is 0 Å². The maximum atomic E-state index is 11.8. The second-order valence-electron chi connectivity index (χ2n) is 5.45. The normalized spacial score (nSPS) is 19.8. The molecular formula is C12H20BrNO3. The number of ether oxygens (including phenoxy) is 1. The Balaban J connectivity index is 2.49. The van der Waals surface area contributed by atoms with E-state index in [1.165, 1.54) is 0 Å². The highest BCUT2D eigenvalue weighted by Gasteiger charge is 2.32. The number of rotatable bonds is 2. The van der Waals surface area contributed by atoms with Crippen molar-refractivity contribution in [3.63, 3.8) is 0 Å². The third-order valence-corrected chi connectivity index (χ3v) is 3.95. The SMILES string of the molecule is CC(C)(C)C(=O)OC(=O)C(Br)C1CCNCC1. The fourth-order valence-corrected chi connectivity index (χ4v) is 2.25. The third kappa shape index (κ3) is 4.39. The summed E-state index contributed by atoms with van der Waals surface area (Å²) in [7, 11) is 0. The molecule has 0 radical (unpaired) electrons. The lowest BCUT2D eigenvalue weighted by molar-refractivity contribution is -0.165. The summed E-state index contributed by atoms with van der Waals surface area (Å²) in [5.74, 6) is -0.686. The molecule has 1 heterocycles. The van der Waals surface area contributed by atoms with E-state index in [1.807, 2.05) is 0 Å². The predicted octanol–water partition coefficient (Wildman–Crippen LogP) is 1.87. The van der Waals surface area contributed by atoms with Gasteiger partial charge in [0.15, 0.2) is 0 Å². The van der Waals surface area contributed by atoms with Gasteiger partial charge in [-0.3, -0.25) is 9.59 Å². The Morgan fingerprint density at radius 3 is 2.29 bits per heavy atom. The van der Waals surface area contributed by atoms with Gasteiger partial charge in [0, 0.05) is 0 Å². The van der Waals surface area contributed by atoms with Gasteiger partial charge in [0.25, 0.3) is 0 Å². The fourth-order valence-electron chi connectivity index (χ4n) is 1.63. The van der Waals surface area contributed by atoms with Gasteiger partial charge in [0.1, 0.15) is 4.83 Å². The van der Waals surface area contributed by atoms with Crippen LogP contribution in [0.3, 0.4) is 0 Å². The average molecular weight is 306 g/mol. The lowest BCUT2D eigenvalue weighted by Crippen LogP contribution is -2.37. The standard InChI is InChI=1S/C12H20BrNO3/c1-12(2,3)11(16)17-10(15)9(13)8-4-6-14-7-5-8/h8-9,14H,4-7H2,1-3H3. The van der Waals surface area contributed by atoms with Crippen molar-refractivity contribution in [3.8, 4) is 0 Å². The molecule has 5 heteroatoms. The smallest absolute Gasteiger partial charge is 0.327 e. The monoisotopic (exact) mass is 305 g/mol. The van der Waals surface area contributed by atoms with Crippen LogP contribution in [-0.2, 0) is 14.3 Å². The number of esters is 2. The lowest BCUT2D eigenvalue weighted by Gasteiger charge is -2.26. The van der Waals surface area contributed by atoms with Crippen molar-refractivity contribution >= 4 is 27.9 Å². The number of hydrogen-bond donors (Lipinski definition) is 1. The van der Waals surface area contributed by atoms with Crippen LogP contribution in [0.4, 0.5) is 0 Å². The van der Waals surface area contributed by atoms with Crippen molar-refractivity contribution in [1.29, 1.82) is 0 Å². The Labute approximate surface area is 111 Å². The molecule has 4 nitrogen and oxygen atoms in total. The van der Waals surface area contributed by atoms with Crippen LogP contribution in [0, 0.1) is 11.3 Å². The molecule has 1 rings (SSSR count). The summed E-state index contributed by atoms with van der Waals surface area (Å²) >= 11 is 3.35. The van der Waals surface area contributed by atoms with E-state index < -0.39 is 17.4 Å². The highest BCUT2D eigenvalue weighted by Crippen LogP contribution is 2.25. The van der Waals surface area contributed by atoms with Gasteiger partial charge in [0.2, 0.25) is 0 Å². The number of nitrogens with one attached hydrogen (secondary N) is 1. The van der Waals surface area contributed by atoms with Gasteiger partial charge in [-0.05, 0) is 52.6 Å². The van der Waals surface area contributed by atoms with Crippen molar-refractivity contribution in [2.75, 3.05) is 13.1 Å². The van der Waals surface area contributed by atoms with Crippen LogP contribution in [0.25, 0.3) is 0 Å². The zero-order chi connectivity index (χ0) is 13.1. The zero-order valence-corrected chi connectivity index (χ0v) is 12.2. The predicted molar refractivity (Wildman–Crippen MR) is 68.9 cm³/mol. The van der Waals surface area contributed by atoms with Gasteiger partial charge < -0.3 is 10.1 Å². The van der Waals surface area contributed by atoms with Crippen molar-refractivity contribution < 1.29 is 14.3 Å². The zero-order valence-electron chi connectivity index (χ0n) is 10.6. The van der Waals surface area contributed by atoms with Gasteiger partial charge in [-0.2, -0.15) is 0 Å². The summed E-state index contributed by atoms with van der Waals surface area (Å²) in [6.45, 7) is 7.02. The van der Waals surface area contributed by atoms with Crippen molar-refractivity contribution in [2.24, 2.45) is 11.3 Å². The molecule has 0 spiro atoms. The summed E-state index contributed by atoms with van der Waals surface area (Å²) in [5, 5.41) is 3.23. The number of halogens is 1. The Morgan fingerprint density at radius 2 is 1.82 bits per heavy atom. The van der Waals surface area contributed by atoms with Crippen LogP contribution in [0.1, 0.15) is 33.6 Å². The molecule has 0 aromatic heterocycles. The lowest BCUT2D eigenvalue weighted by atomic mass is 9.94. The Hall–Kier alpha value is -0.420. The quantitative estimate of drug-likeness (QED) is 0.481. The number of alkyl halides is 1. The van der Waals surface area contributed by atoms with Crippen molar-refractivity contribution in [3.05, 3.63) is 0 Å². The molecule has 98 valence electrons. The first kappa shape index (κ1) is 14.6. The van der Waals surface area contributed by atoms with Crippen LogP contribution in [0.15, 0.2) is 0 Å². The van der Waals surface area contributed by atoms with Gasteiger partial charge in [0.05, 0.1) is 5.41 Å². The van der Waals surface area contributed by atoms with Crippen LogP contribution in [0.5, 0.6) is 0 Å². The van der Waals surface area contributed by atoms with E-state index >= 15 is 0 Å². The molecule has 1 saturated heterocycles. The van der Waals surface area contributed by atoms with E-state index in [9.17, 15) is 9.59 Å². The molecule has 0 aromatic carbocycles. The second kappa shape index (κ2) is 5.96. The first-order valence-electron chi connectivity index (χ1n) is 5.93. The largest absolute Gasteiger partial charge is 0.392 e. The van der Waals surface area contributed by atoms with E-state index in [4.69, 9.17) is 4.74 Å². The molecule has 1 aliphatic rings. The summed E-state index contributed by atoms with van der Waals surface area (Å²) < 4.78 is 4.88. The van der Waals surface area contributed by atoms with Gasteiger partial charge in [-0.25, -0.2) is 0 Å². The Bertz CT molecular complexity index is 293. The fraction of sp³-hybridized carbons (Fsp3) is 0.833. The summed E-state index contributed by atoms with van der Waals surface area (Å²) in [6.07, 6.45) is 1.85. The molecular weight excluding hydrogens is 286 g/mol. The highest BCUT2D eigenvalue weighted by molar-refractivity contribution is 9.10. The molecule has 1 fully saturated rings. The van der Waals surface area contributed by atoms with E-state index in [-0.39, 0.29) is 10.7 Å². The van der Waals surface area contributed by atoms with Crippen molar-refractivity contribution in [2.45, 2.75) is 38.4 Å². The van der Waals surface area contributed by atoms with Gasteiger partial charge in [-0.1, -0.05) is 15.9 Å². The Morgan fingerprint density at radius 1 is 1.29 bits per heavy atom. The topological polar surface area (TPSA) is 55.4 Å². The maximum absolute atomic E-state index is 11.8. The minimum Gasteiger partial charge on any atom is -0.392 e. The van der Waals surface area contributed by atoms with E-state index in [0.717, 1.165) is 25.9 Å². The molecule has 0 aliphatic carbocycles. The number of carbonyl (C=O) groups excluding carboxylic acids is 2. The van der Waals surface area contributed by atoms with E-state index in [1.54, 1.807) is 20.8 Å². The molecule has 1 N–H and O–H groups in total. The molecule has 1 aliphatic heterocycles. The second-order valence-corrected chi connectivity index (χ2v) is 6.43. The average Bonchev–Trinajstić information content (AvgIpc) is 2.27. The molecule has 0 bridgehead atoms. The molecule has 1 atom stereocenters. The molecule has 0 amide bonds. The van der Waals surface area contributed by atoms with Gasteiger partial charge in [-0.15, -0.1) is 0 Å². The first-order valence-corrected chi connectivity index (χ1v) is 6.85. The minimum absolute atomic E-state index is 0.247. The number of piperidine rings is 1. The molecule has 0 aromatic rings. The van der Waals surface area contributed by atoms with Crippen LogP contribution in [0.2, 0.25) is 0 Å².